The zero-order valence-electron chi connectivity index (χ0n) is 10.1. The summed E-state index contributed by atoms with van der Waals surface area (Å²) in [5.41, 5.74) is 5.90. The van der Waals surface area contributed by atoms with Crippen LogP contribution in [0.5, 0.6) is 5.75 Å². The van der Waals surface area contributed by atoms with Gasteiger partial charge in [-0.1, -0.05) is 0 Å². The van der Waals surface area contributed by atoms with Crippen LogP contribution in [0.25, 0.3) is 0 Å². The Kier molecular flexibility index (Phi) is 4.49. The number of rotatable bonds is 4. The van der Waals surface area contributed by atoms with Crippen molar-refractivity contribution in [2.45, 2.75) is 25.4 Å². The largest absolute Gasteiger partial charge is 0.482 e. The summed E-state index contributed by atoms with van der Waals surface area (Å²) in [5.74, 6) is -1.67. The minimum Gasteiger partial charge on any atom is -0.482 e. The van der Waals surface area contributed by atoms with E-state index in [1.165, 1.54) is 12.1 Å². The summed E-state index contributed by atoms with van der Waals surface area (Å²) in [6.07, 6.45) is 1.77. The van der Waals surface area contributed by atoms with E-state index in [0.717, 1.165) is 12.8 Å². The lowest BCUT2D eigenvalue weighted by Gasteiger charge is -2.23. The summed E-state index contributed by atoms with van der Waals surface area (Å²) in [4.78, 5) is 0. The van der Waals surface area contributed by atoms with Gasteiger partial charge in [0.15, 0.2) is 17.4 Å². The predicted molar refractivity (Wildman–Crippen MR) is 63.6 cm³/mol. The highest BCUT2D eigenvalue weighted by atomic mass is 19.1. The minimum atomic E-state index is -0.677. The maximum Gasteiger partial charge on any atom is 0.191 e. The molecule has 1 aromatic carbocycles. The first-order valence-electron chi connectivity index (χ1n) is 6.13. The minimum absolute atomic E-state index is 0.275. The molecule has 0 saturated carbocycles. The second kappa shape index (κ2) is 6.11. The molecule has 18 heavy (non-hydrogen) atoms. The summed E-state index contributed by atoms with van der Waals surface area (Å²) < 4.78 is 38.0. The molecule has 100 valence electrons. The summed E-state index contributed by atoms with van der Waals surface area (Å²) in [6.45, 7) is 1.42. The molecule has 1 fully saturated rings. The lowest BCUT2D eigenvalue weighted by molar-refractivity contribution is 0.00418. The fourth-order valence-corrected chi connectivity index (χ4v) is 2.01. The molecule has 3 nitrogen and oxygen atoms in total. The highest BCUT2D eigenvalue weighted by Gasteiger charge is 2.20. The van der Waals surface area contributed by atoms with Crippen molar-refractivity contribution in [3.05, 3.63) is 29.3 Å². The van der Waals surface area contributed by atoms with E-state index in [-0.39, 0.29) is 11.9 Å². The smallest absolute Gasteiger partial charge is 0.191 e. The molecule has 1 unspecified atom stereocenters. The van der Waals surface area contributed by atoms with Crippen LogP contribution in [0.3, 0.4) is 0 Å². The highest BCUT2D eigenvalue weighted by Crippen LogP contribution is 2.26. The predicted octanol–water partition coefficient (Wildman–Crippen LogP) is 2.02. The third-order valence-electron chi connectivity index (χ3n) is 2.89. The van der Waals surface area contributed by atoms with Gasteiger partial charge in [-0.15, -0.1) is 0 Å². The van der Waals surface area contributed by atoms with Crippen LogP contribution in [-0.2, 0) is 11.2 Å². The van der Waals surface area contributed by atoms with Gasteiger partial charge < -0.3 is 15.2 Å². The molecule has 2 N–H and O–H groups in total. The molecule has 0 radical (unpaired) electrons. The molecule has 0 bridgehead atoms. The zero-order chi connectivity index (χ0) is 13.0. The first-order chi connectivity index (χ1) is 8.70. The average Bonchev–Trinajstić information content (AvgIpc) is 2.36. The third kappa shape index (κ3) is 3.17. The molecule has 1 heterocycles. The van der Waals surface area contributed by atoms with Gasteiger partial charge in [-0.25, -0.2) is 8.78 Å². The van der Waals surface area contributed by atoms with Crippen LogP contribution in [0.4, 0.5) is 8.78 Å². The molecule has 0 amide bonds. The Balaban J connectivity index is 2.11. The second-order valence-corrected chi connectivity index (χ2v) is 4.38. The van der Waals surface area contributed by atoms with Gasteiger partial charge in [-0.05, 0) is 43.5 Å². The molecular formula is C13H17F2NO2. The topological polar surface area (TPSA) is 44.5 Å². The molecule has 1 aromatic rings. The van der Waals surface area contributed by atoms with Crippen molar-refractivity contribution in [2.24, 2.45) is 5.73 Å². The molecule has 0 spiro atoms. The first-order valence-corrected chi connectivity index (χ1v) is 6.13. The van der Waals surface area contributed by atoms with Crippen LogP contribution in [0.15, 0.2) is 12.1 Å². The van der Waals surface area contributed by atoms with Crippen LogP contribution < -0.4 is 10.5 Å². The van der Waals surface area contributed by atoms with E-state index in [1.807, 2.05) is 0 Å². The molecule has 1 aliphatic heterocycles. The van der Waals surface area contributed by atoms with Crippen molar-refractivity contribution in [1.29, 1.82) is 0 Å². The number of hydrogen-bond donors (Lipinski definition) is 1. The van der Waals surface area contributed by atoms with Crippen molar-refractivity contribution >= 4 is 0 Å². The molecule has 1 saturated heterocycles. The first kappa shape index (κ1) is 13.2. The van der Waals surface area contributed by atoms with E-state index in [2.05, 4.69) is 0 Å². The number of ether oxygens (including phenoxy) is 2. The van der Waals surface area contributed by atoms with Gasteiger partial charge in [0.25, 0.3) is 0 Å². The molecule has 2 rings (SSSR count). The fourth-order valence-electron chi connectivity index (χ4n) is 2.01. The van der Waals surface area contributed by atoms with Crippen LogP contribution >= 0.6 is 0 Å². The Labute approximate surface area is 105 Å². The van der Waals surface area contributed by atoms with Crippen LogP contribution in [0.2, 0.25) is 0 Å². The lowest BCUT2D eigenvalue weighted by Crippen LogP contribution is -2.28. The third-order valence-corrected chi connectivity index (χ3v) is 2.89. The van der Waals surface area contributed by atoms with Gasteiger partial charge in [0.2, 0.25) is 0 Å². The summed E-state index contributed by atoms with van der Waals surface area (Å²) >= 11 is 0. The Hall–Kier alpha value is -1.20. The van der Waals surface area contributed by atoms with Gasteiger partial charge >= 0.3 is 0 Å². The summed E-state index contributed by atoms with van der Waals surface area (Å²) in [6, 6.07) is 2.55. The zero-order valence-corrected chi connectivity index (χ0v) is 10.1. The number of hydrogen-bond acceptors (Lipinski definition) is 3. The van der Waals surface area contributed by atoms with Crippen LogP contribution in [0, 0.1) is 11.6 Å². The van der Waals surface area contributed by atoms with Gasteiger partial charge in [0, 0.05) is 6.61 Å². The lowest BCUT2D eigenvalue weighted by atomic mass is 10.1. The monoisotopic (exact) mass is 257 g/mol. The van der Waals surface area contributed by atoms with E-state index in [1.54, 1.807) is 0 Å². The van der Waals surface area contributed by atoms with E-state index in [4.69, 9.17) is 15.2 Å². The van der Waals surface area contributed by atoms with E-state index in [0.29, 0.717) is 31.7 Å². The number of benzene rings is 1. The number of halogens is 2. The van der Waals surface area contributed by atoms with Gasteiger partial charge in [0.05, 0.1) is 6.61 Å². The average molecular weight is 257 g/mol. The molecular weight excluding hydrogens is 240 g/mol. The summed E-state index contributed by atoms with van der Waals surface area (Å²) in [5, 5.41) is 0. The highest BCUT2D eigenvalue weighted by molar-refractivity contribution is 5.31. The van der Waals surface area contributed by atoms with Crippen molar-refractivity contribution in [2.75, 3.05) is 19.8 Å². The van der Waals surface area contributed by atoms with E-state index < -0.39 is 11.6 Å². The van der Waals surface area contributed by atoms with Crippen LogP contribution in [-0.4, -0.2) is 25.9 Å². The quantitative estimate of drug-likeness (QED) is 0.897. The van der Waals surface area contributed by atoms with Gasteiger partial charge in [-0.3, -0.25) is 0 Å². The molecule has 1 atom stereocenters. The maximum absolute atomic E-state index is 13.7. The van der Waals surface area contributed by atoms with Gasteiger partial charge in [0.1, 0.15) is 6.10 Å². The molecule has 0 aromatic heterocycles. The van der Waals surface area contributed by atoms with Gasteiger partial charge in [-0.2, -0.15) is 0 Å². The van der Waals surface area contributed by atoms with Crippen molar-refractivity contribution in [1.82, 2.24) is 0 Å². The van der Waals surface area contributed by atoms with Crippen molar-refractivity contribution in [3.63, 3.8) is 0 Å². The second-order valence-electron chi connectivity index (χ2n) is 4.38. The Bertz CT molecular complexity index is 383. The Morgan fingerprint density at radius 3 is 2.61 bits per heavy atom. The fraction of sp³-hybridized carbons (Fsp3) is 0.538. The van der Waals surface area contributed by atoms with Crippen LogP contribution in [0.1, 0.15) is 18.4 Å². The maximum atomic E-state index is 13.7. The van der Waals surface area contributed by atoms with E-state index >= 15 is 0 Å². The van der Waals surface area contributed by atoms with Crippen molar-refractivity contribution < 1.29 is 18.3 Å². The summed E-state index contributed by atoms with van der Waals surface area (Å²) in [7, 11) is 0. The normalized spacial score (nSPS) is 19.8. The number of nitrogens with two attached hydrogens (primary N) is 1. The van der Waals surface area contributed by atoms with E-state index in [9.17, 15) is 8.78 Å². The molecule has 1 aliphatic rings. The molecule has 0 aliphatic carbocycles. The van der Waals surface area contributed by atoms with Crippen molar-refractivity contribution in [3.8, 4) is 5.75 Å². The SMILES string of the molecule is NCCc1cc(F)c(OC2CCCOC2)c(F)c1. The Morgan fingerprint density at radius 1 is 1.33 bits per heavy atom. The standard InChI is InChI=1S/C13H17F2NO2/c14-11-6-9(3-4-16)7-12(15)13(11)18-10-2-1-5-17-8-10/h6-7,10H,1-5,8,16H2. The molecule has 5 heteroatoms. The Morgan fingerprint density at radius 2 is 2.06 bits per heavy atom.